The van der Waals surface area contributed by atoms with Gasteiger partial charge in [-0.25, -0.2) is 4.98 Å². The minimum atomic E-state index is 0.629. The van der Waals surface area contributed by atoms with E-state index in [-0.39, 0.29) is 0 Å². The molecule has 0 unspecified atom stereocenters. The fraction of sp³-hybridized carbons (Fsp3) is 0.706. The molecule has 3 nitrogen and oxygen atoms in total. The molecule has 0 atom stereocenters. The molecule has 0 saturated heterocycles. The van der Waals surface area contributed by atoms with E-state index in [0.717, 1.165) is 29.6 Å². The fourth-order valence-corrected chi connectivity index (χ4v) is 3.10. The van der Waals surface area contributed by atoms with Gasteiger partial charge in [0.25, 0.3) is 0 Å². The van der Waals surface area contributed by atoms with Crippen LogP contribution >= 0.6 is 11.6 Å². The van der Waals surface area contributed by atoms with Crippen LogP contribution in [0.2, 0.25) is 5.02 Å². The number of anilines is 1. The first kappa shape index (κ1) is 16.6. The van der Waals surface area contributed by atoms with Crippen molar-refractivity contribution in [2.75, 3.05) is 18.5 Å². The van der Waals surface area contributed by atoms with Crippen LogP contribution in [0.5, 0.6) is 0 Å². The maximum Gasteiger partial charge on any atom is 0.128 e. The largest absolute Gasteiger partial charge is 0.357 e. The molecular formula is C17H28ClN3. The molecule has 0 spiro atoms. The third kappa shape index (κ3) is 4.86. The van der Waals surface area contributed by atoms with Gasteiger partial charge < -0.3 is 10.2 Å². The molecule has 118 valence electrons. The Balaban J connectivity index is 2.02. The Morgan fingerprint density at radius 2 is 2.00 bits per heavy atom. The molecule has 1 saturated carbocycles. The van der Waals surface area contributed by atoms with E-state index in [1.165, 1.54) is 32.1 Å². The normalized spacial score (nSPS) is 16.4. The zero-order chi connectivity index (χ0) is 15.2. The molecule has 1 fully saturated rings. The third-order valence-electron chi connectivity index (χ3n) is 4.23. The van der Waals surface area contributed by atoms with Crippen LogP contribution in [-0.4, -0.2) is 24.6 Å². The van der Waals surface area contributed by atoms with Crippen molar-refractivity contribution in [2.24, 2.45) is 5.92 Å². The Morgan fingerprint density at radius 1 is 1.29 bits per heavy atom. The summed E-state index contributed by atoms with van der Waals surface area (Å²) in [6.07, 6.45) is 6.61. The fourth-order valence-electron chi connectivity index (χ4n) is 2.93. The van der Waals surface area contributed by atoms with Gasteiger partial charge in [-0.15, -0.1) is 0 Å². The standard InChI is InChI=1S/C17H28ClN3/c1-13(2)11-19-12-16-15(18)9-10-17(20-16)21(3)14-7-5-4-6-8-14/h9-10,13-14,19H,4-8,11-12H2,1-3H3. The third-order valence-corrected chi connectivity index (χ3v) is 4.58. The van der Waals surface area contributed by atoms with Crippen molar-refractivity contribution in [3.8, 4) is 0 Å². The van der Waals surface area contributed by atoms with Gasteiger partial charge in [0, 0.05) is 19.6 Å². The molecular weight excluding hydrogens is 282 g/mol. The summed E-state index contributed by atoms with van der Waals surface area (Å²) < 4.78 is 0. The summed E-state index contributed by atoms with van der Waals surface area (Å²) >= 11 is 6.28. The number of hydrogen-bond acceptors (Lipinski definition) is 3. The van der Waals surface area contributed by atoms with Gasteiger partial charge in [-0.3, -0.25) is 0 Å². The Bertz CT molecular complexity index is 442. The molecule has 2 rings (SSSR count). The molecule has 4 heteroatoms. The van der Waals surface area contributed by atoms with E-state index in [0.29, 0.717) is 12.0 Å². The summed E-state index contributed by atoms with van der Waals surface area (Å²) in [7, 11) is 2.16. The van der Waals surface area contributed by atoms with Crippen molar-refractivity contribution >= 4 is 17.4 Å². The molecule has 0 amide bonds. The molecule has 0 aromatic carbocycles. The molecule has 1 aliphatic carbocycles. The van der Waals surface area contributed by atoms with Gasteiger partial charge in [0.1, 0.15) is 5.82 Å². The lowest BCUT2D eigenvalue weighted by Crippen LogP contribution is -2.34. The van der Waals surface area contributed by atoms with Gasteiger partial charge in [0.2, 0.25) is 0 Å². The van der Waals surface area contributed by atoms with Crippen LogP contribution < -0.4 is 10.2 Å². The Kier molecular flexibility index (Phi) is 6.31. The number of halogens is 1. The Morgan fingerprint density at radius 3 is 2.67 bits per heavy atom. The molecule has 0 bridgehead atoms. The Hall–Kier alpha value is -0.800. The van der Waals surface area contributed by atoms with E-state index in [2.05, 4.69) is 31.1 Å². The highest BCUT2D eigenvalue weighted by atomic mass is 35.5. The smallest absolute Gasteiger partial charge is 0.128 e. The van der Waals surface area contributed by atoms with Crippen LogP contribution in [0.4, 0.5) is 5.82 Å². The van der Waals surface area contributed by atoms with Crippen molar-refractivity contribution in [1.29, 1.82) is 0 Å². The van der Waals surface area contributed by atoms with Gasteiger partial charge >= 0.3 is 0 Å². The molecule has 0 aliphatic heterocycles. The number of rotatable bonds is 6. The second kappa shape index (κ2) is 8.00. The van der Waals surface area contributed by atoms with Crippen LogP contribution in [0.3, 0.4) is 0 Å². The van der Waals surface area contributed by atoms with E-state index >= 15 is 0 Å². The number of nitrogens with zero attached hydrogens (tertiary/aromatic N) is 2. The van der Waals surface area contributed by atoms with E-state index in [4.69, 9.17) is 16.6 Å². The Labute approximate surface area is 134 Å². The summed E-state index contributed by atoms with van der Waals surface area (Å²) in [5, 5.41) is 4.18. The second-order valence-corrected chi connectivity index (χ2v) is 6.93. The van der Waals surface area contributed by atoms with E-state index in [9.17, 15) is 0 Å². The first-order valence-corrected chi connectivity index (χ1v) is 8.54. The highest BCUT2D eigenvalue weighted by Gasteiger charge is 2.19. The highest BCUT2D eigenvalue weighted by molar-refractivity contribution is 6.31. The van der Waals surface area contributed by atoms with Gasteiger partial charge in [0.05, 0.1) is 10.7 Å². The topological polar surface area (TPSA) is 28.2 Å². The first-order valence-electron chi connectivity index (χ1n) is 8.17. The van der Waals surface area contributed by atoms with Crippen LogP contribution in [0, 0.1) is 5.92 Å². The number of pyridine rings is 1. The predicted octanol–water partition coefficient (Wildman–Crippen LogP) is 4.25. The van der Waals surface area contributed by atoms with Crippen LogP contribution in [0.25, 0.3) is 0 Å². The lowest BCUT2D eigenvalue weighted by atomic mass is 9.94. The quantitative estimate of drug-likeness (QED) is 0.851. The van der Waals surface area contributed by atoms with Crippen molar-refractivity contribution in [3.05, 3.63) is 22.8 Å². The van der Waals surface area contributed by atoms with Crippen molar-refractivity contribution in [1.82, 2.24) is 10.3 Å². The van der Waals surface area contributed by atoms with Crippen LogP contribution in [-0.2, 0) is 6.54 Å². The zero-order valence-electron chi connectivity index (χ0n) is 13.5. The number of aromatic nitrogens is 1. The lowest BCUT2D eigenvalue weighted by Gasteiger charge is -2.32. The van der Waals surface area contributed by atoms with Gasteiger partial charge in [-0.2, -0.15) is 0 Å². The predicted molar refractivity (Wildman–Crippen MR) is 91.1 cm³/mol. The number of hydrogen-bond donors (Lipinski definition) is 1. The average Bonchev–Trinajstić information content (AvgIpc) is 2.49. The number of nitrogens with one attached hydrogen (secondary N) is 1. The van der Waals surface area contributed by atoms with E-state index in [1.807, 2.05) is 12.1 Å². The summed E-state index contributed by atoms with van der Waals surface area (Å²) in [4.78, 5) is 7.11. The van der Waals surface area contributed by atoms with Crippen molar-refractivity contribution in [3.63, 3.8) is 0 Å². The van der Waals surface area contributed by atoms with E-state index < -0.39 is 0 Å². The highest BCUT2D eigenvalue weighted by Crippen LogP contribution is 2.26. The molecule has 1 heterocycles. The van der Waals surface area contributed by atoms with E-state index in [1.54, 1.807) is 0 Å². The molecule has 1 aromatic rings. The van der Waals surface area contributed by atoms with Gasteiger partial charge in [-0.05, 0) is 37.4 Å². The molecule has 1 N–H and O–H groups in total. The maximum atomic E-state index is 6.28. The van der Waals surface area contributed by atoms with Gasteiger partial charge in [-0.1, -0.05) is 44.7 Å². The zero-order valence-corrected chi connectivity index (χ0v) is 14.3. The summed E-state index contributed by atoms with van der Waals surface area (Å²) in [5.74, 6) is 1.68. The molecule has 21 heavy (non-hydrogen) atoms. The minimum Gasteiger partial charge on any atom is -0.357 e. The maximum absolute atomic E-state index is 6.28. The summed E-state index contributed by atoms with van der Waals surface area (Å²) in [6.45, 7) is 6.13. The molecule has 1 aromatic heterocycles. The molecule has 0 radical (unpaired) electrons. The van der Waals surface area contributed by atoms with Gasteiger partial charge in [0.15, 0.2) is 0 Å². The monoisotopic (exact) mass is 309 g/mol. The van der Waals surface area contributed by atoms with Crippen LogP contribution in [0.15, 0.2) is 12.1 Å². The van der Waals surface area contributed by atoms with Crippen LogP contribution in [0.1, 0.15) is 51.6 Å². The average molecular weight is 310 g/mol. The summed E-state index contributed by atoms with van der Waals surface area (Å²) in [6, 6.07) is 4.65. The second-order valence-electron chi connectivity index (χ2n) is 6.53. The first-order chi connectivity index (χ1) is 10.1. The molecule has 1 aliphatic rings. The van der Waals surface area contributed by atoms with Crippen molar-refractivity contribution < 1.29 is 0 Å². The summed E-state index contributed by atoms with van der Waals surface area (Å²) in [5.41, 5.74) is 0.956. The minimum absolute atomic E-state index is 0.629. The van der Waals surface area contributed by atoms with Crippen molar-refractivity contribution in [2.45, 2.75) is 58.5 Å². The SMILES string of the molecule is CC(C)CNCc1nc(N(C)C2CCCCC2)ccc1Cl. The lowest BCUT2D eigenvalue weighted by molar-refractivity contribution is 0.425.